The summed E-state index contributed by atoms with van der Waals surface area (Å²) in [5.41, 5.74) is 5.35. The summed E-state index contributed by atoms with van der Waals surface area (Å²) in [5.74, 6) is -0.950. The van der Waals surface area contributed by atoms with Crippen molar-refractivity contribution in [1.82, 2.24) is 10.6 Å². The Bertz CT molecular complexity index is 181. The van der Waals surface area contributed by atoms with E-state index in [-0.39, 0.29) is 0 Å². The maximum absolute atomic E-state index is 10.4. The van der Waals surface area contributed by atoms with E-state index in [1.807, 2.05) is 0 Å². The Balaban J connectivity index is 2.05. The van der Waals surface area contributed by atoms with Gasteiger partial charge >= 0.3 is 5.97 Å². The molecule has 5 N–H and O–H groups in total. The largest absolute Gasteiger partial charge is 0.480 e. The van der Waals surface area contributed by atoms with Gasteiger partial charge in [-0.3, -0.25) is 4.79 Å². The molecule has 0 bridgehead atoms. The molecule has 2 atom stereocenters. The number of carboxylic acid groups (broad SMARTS) is 1. The van der Waals surface area contributed by atoms with Crippen LogP contribution in [-0.2, 0) is 4.79 Å². The van der Waals surface area contributed by atoms with Gasteiger partial charge in [0.05, 0.1) is 0 Å². The van der Waals surface area contributed by atoms with Gasteiger partial charge in [0, 0.05) is 19.1 Å². The summed E-state index contributed by atoms with van der Waals surface area (Å²) < 4.78 is 0. The Hall–Kier alpha value is -0.650. The molecule has 0 spiro atoms. The lowest BCUT2D eigenvalue weighted by molar-refractivity contribution is -0.138. The maximum Gasteiger partial charge on any atom is 0.321 e. The van der Waals surface area contributed by atoms with Crippen LogP contribution in [0.15, 0.2) is 0 Å². The van der Waals surface area contributed by atoms with Gasteiger partial charge in [0.1, 0.15) is 6.04 Å². The second-order valence-electron chi connectivity index (χ2n) is 3.75. The third-order valence-corrected chi connectivity index (χ3v) is 2.48. The average Bonchev–Trinajstić information content (AvgIpc) is 2.19. The molecule has 0 aromatic carbocycles. The third-order valence-electron chi connectivity index (χ3n) is 2.48. The monoisotopic (exact) mass is 201 g/mol. The molecule has 0 amide bonds. The number of hydrogen-bond donors (Lipinski definition) is 4. The van der Waals surface area contributed by atoms with Gasteiger partial charge in [-0.1, -0.05) is 6.42 Å². The molecule has 82 valence electrons. The fraction of sp³-hybridized carbons (Fsp3) is 0.889. The van der Waals surface area contributed by atoms with E-state index in [2.05, 4.69) is 10.6 Å². The standard InChI is InChI=1S/C9H19N3O2/c10-8(9(13)14)6-11-5-7-3-1-2-4-12-7/h7-8,11-12H,1-6,10H2,(H,13,14)/t7-,8?/m1/s1. The van der Waals surface area contributed by atoms with E-state index < -0.39 is 12.0 Å². The van der Waals surface area contributed by atoms with Gasteiger partial charge in [-0.2, -0.15) is 0 Å². The van der Waals surface area contributed by atoms with E-state index in [0.29, 0.717) is 12.6 Å². The van der Waals surface area contributed by atoms with Crippen molar-refractivity contribution < 1.29 is 9.90 Å². The highest BCUT2D eigenvalue weighted by molar-refractivity contribution is 5.73. The van der Waals surface area contributed by atoms with E-state index in [4.69, 9.17) is 10.8 Å². The topological polar surface area (TPSA) is 87.4 Å². The van der Waals surface area contributed by atoms with Crippen LogP contribution in [0.5, 0.6) is 0 Å². The summed E-state index contributed by atoms with van der Waals surface area (Å²) in [7, 11) is 0. The van der Waals surface area contributed by atoms with Crippen molar-refractivity contribution >= 4 is 5.97 Å². The molecule has 1 fully saturated rings. The number of nitrogens with one attached hydrogen (secondary N) is 2. The van der Waals surface area contributed by atoms with Crippen molar-refractivity contribution in [3.63, 3.8) is 0 Å². The summed E-state index contributed by atoms with van der Waals surface area (Å²) in [4.78, 5) is 10.4. The minimum Gasteiger partial charge on any atom is -0.480 e. The Labute approximate surface area is 84.0 Å². The molecule has 5 nitrogen and oxygen atoms in total. The van der Waals surface area contributed by atoms with Crippen LogP contribution in [-0.4, -0.2) is 42.8 Å². The lowest BCUT2D eigenvalue weighted by atomic mass is 10.1. The van der Waals surface area contributed by atoms with Crippen molar-refractivity contribution in [3.05, 3.63) is 0 Å². The van der Waals surface area contributed by atoms with Crippen LogP contribution in [0.25, 0.3) is 0 Å². The SMILES string of the molecule is NC(CNC[C@H]1CCCCN1)C(=O)O. The van der Waals surface area contributed by atoms with E-state index in [1.54, 1.807) is 0 Å². The van der Waals surface area contributed by atoms with Gasteiger partial charge < -0.3 is 21.5 Å². The first-order chi connectivity index (χ1) is 6.70. The van der Waals surface area contributed by atoms with Crippen LogP contribution in [0.3, 0.4) is 0 Å². The number of nitrogens with two attached hydrogens (primary N) is 1. The van der Waals surface area contributed by atoms with Crippen molar-refractivity contribution in [2.75, 3.05) is 19.6 Å². The second-order valence-corrected chi connectivity index (χ2v) is 3.75. The fourth-order valence-corrected chi connectivity index (χ4v) is 1.60. The molecule has 14 heavy (non-hydrogen) atoms. The number of aliphatic carboxylic acids is 1. The first-order valence-electron chi connectivity index (χ1n) is 5.12. The Morgan fingerprint density at radius 1 is 1.64 bits per heavy atom. The Morgan fingerprint density at radius 3 is 3.00 bits per heavy atom. The number of hydrogen-bond acceptors (Lipinski definition) is 4. The predicted molar refractivity (Wildman–Crippen MR) is 54.1 cm³/mol. The lowest BCUT2D eigenvalue weighted by Crippen LogP contribution is -2.46. The molecule has 1 saturated heterocycles. The van der Waals surface area contributed by atoms with Gasteiger partial charge in [0.25, 0.3) is 0 Å². The highest BCUT2D eigenvalue weighted by Crippen LogP contribution is 2.05. The van der Waals surface area contributed by atoms with Gasteiger partial charge in [-0.15, -0.1) is 0 Å². The van der Waals surface area contributed by atoms with E-state index in [1.165, 1.54) is 12.8 Å². The van der Waals surface area contributed by atoms with E-state index in [0.717, 1.165) is 19.5 Å². The summed E-state index contributed by atoms with van der Waals surface area (Å²) >= 11 is 0. The van der Waals surface area contributed by atoms with Crippen molar-refractivity contribution in [2.24, 2.45) is 5.73 Å². The molecule has 1 unspecified atom stereocenters. The van der Waals surface area contributed by atoms with Crippen LogP contribution in [0.4, 0.5) is 0 Å². The van der Waals surface area contributed by atoms with E-state index >= 15 is 0 Å². The first kappa shape index (κ1) is 11.4. The molecule has 0 aliphatic carbocycles. The van der Waals surface area contributed by atoms with E-state index in [9.17, 15) is 4.79 Å². The molecule has 5 heteroatoms. The zero-order valence-electron chi connectivity index (χ0n) is 8.33. The molecule has 1 heterocycles. The fourth-order valence-electron chi connectivity index (χ4n) is 1.60. The zero-order valence-corrected chi connectivity index (χ0v) is 8.33. The van der Waals surface area contributed by atoms with Crippen molar-refractivity contribution in [1.29, 1.82) is 0 Å². The summed E-state index contributed by atoms with van der Waals surface area (Å²) in [5, 5.41) is 15.0. The van der Waals surface area contributed by atoms with Gasteiger partial charge in [0.15, 0.2) is 0 Å². The minimum atomic E-state index is -0.950. The number of piperidine rings is 1. The molecule has 1 rings (SSSR count). The Morgan fingerprint density at radius 2 is 2.43 bits per heavy atom. The van der Waals surface area contributed by atoms with Crippen LogP contribution in [0.1, 0.15) is 19.3 Å². The normalized spacial score (nSPS) is 24.5. The molecule has 0 aromatic rings. The first-order valence-corrected chi connectivity index (χ1v) is 5.12. The smallest absolute Gasteiger partial charge is 0.321 e. The van der Waals surface area contributed by atoms with Crippen LogP contribution >= 0.6 is 0 Å². The molecule has 1 aliphatic rings. The zero-order chi connectivity index (χ0) is 10.4. The number of carboxylic acids is 1. The molecule has 0 aromatic heterocycles. The highest BCUT2D eigenvalue weighted by atomic mass is 16.4. The van der Waals surface area contributed by atoms with Crippen molar-refractivity contribution in [2.45, 2.75) is 31.3 Å². The minimum absolute atomic E-state index is 0.341. The predicted octanol–water partition coefficient (Wildman–Crippen LogP) is -0.870. The van der Waals surface area contributed by atoms with Gasteiger partial charge in [-0.25, -0.2) is 0 Å². The average molecular weight is 201 g/mol. The number of rotatable bonds is 5. The van der Waals surface area contributed by atoms with Crippen molar-refractivity contribution in [3.8, 4) is 0 Å². The molecular weight excluding hydrogens is 182 g/mol. The molecule has 0 radical (unpaired) electrons. The second kappa shape index (κ2) is 5.95. The van der Waals surface area contributed by atoms with Crippen LogP contribution in [0, 0.1) is 0 Å². The van der Waals surface area contributed by atoms with Gasteiger partial charge in [-0.05, 0) is 19.4 Å². The highest BCUT2D eigenvalue weighted by Gasteiger charge is 2.14. The summed E-state index contributed by atoms with van der Waals surface area (Å²) in [6, 6.07) is -0.316. The maximum atomic E-state index is 10.4. The molecular formula is C9H19N3O2. The van der Waals surface area contributed by atoms with Crippen LogP contribution < -0.4 is 16.4 Å². The third kappa shape index (κ3) is 4.04. The molecule has 0 saturated carbocycles. The summed E-state index contributed by atoms with van der Waals surface area (Å²) in [6.07, 6.45) is 3.66. The summed E-state index contributed by atoms with van der Waals surface area (Å²) in [6.45, 7) is 2.21. The molecule has 1 aliphatic heterocycles. The number of carbonyl (C=O) groups is 1. The van der Waals surface area contributed by atoms with Crippen LogP contribution in [0.2, 0.25) is 0 Å². The quantitative estimate of drug-likeness (QED) is 0.464. The van der Waals surface area contributed by atoms with Gasteiger partial charge in [0.2, 0.25) is 0 Å². The Kier molecular flexibility index (Phi) is 4.86. The lowest BCUT2D eigenvalue weighted by Gasteiger charge is -2.24.